The molecule has 0 aromatic heterocycles. The molecule has 0 aliphatic heterocycles. The van der Waals surface area contributed by atoms with Crippen LogP contribution in [0.15, 0.2) is 52.1 Å². The number of hydrogen-bond donors (Lipinski definition) is 2. The average Bonchev–Trinajstić information content (AvgIpc) is 3.23. The zero-order valence-electron chi connectivity index (χ0n) is 18.1. The fourth-order valence-corrected chi connectivity index (χ4v) is 4.45. The molecule has 2 aromatic rings. The third kappa shape index (κ3) is 4.63. The van der Waals surface area contributed by atoms with Gasteiger partial charge in [0.2, 0.25) is 0 Å². The Balaban J connectivity index is 1.99. The molecule has 2 aromatic carbocycles. The summed E-state index contributed by atoms with van der Waals surface area (Å²) in [6.07, 6.45) is 5.89. The highest BCUT2D eigenvalue weighted by molar-refractivity contribution is 14.1. The minimum Gasteiger partial charge on any atom is -0.326 e. The summed E-state index contributed by atoms with van der Waals surface area (Å²) in [6, 6.07) is 15.9. The molecule has 0 unspecified atom stereocenters. The minimum absolute atomic E-state index is 0.0350. The van der Waals surface area contributed by atoms with E-state index < -0.39 is 5.41 Å². The quantitative estimate of drug-likeness (QED) is 0.232. The zero-order valence-corrected chi connectivity index (χ0v) is 20.3. The summed E-state index contributed by atoms with van der Waals surface area (Å²) in [6.45, 7) is 6.98. The van der Waals surface area contributed by atoms with Crippen LogP contribution in [0.4, 0.5) is 5.69 Å². The molecule has 1 fully saturated rings. The molecule has 4 nitrogen and oxygen atoms in total. The molecule has 1 aliphatic rings. The van der Waals surface area contributed by atoms with Crippen molar-refractivity contribution in [2.45, 2.75) is 58.4 Å². The highest BCUT2D eigenvalue weighted by Gasteiger charge is 2.44. The number of anilines is 1. The van der Waals surface area contributed by atoms with E-state index in [0.29, 0.717) is 12.2 Å². The predicted molar refractivity (Wildman–Crippen MR) is 134 cm³/mol. The van der Waals surface area contributed by atoms with Crippen molar-refractivity contribution >= 4 is 40.3 Å². The number of nitrogens with two attached hydrogens (primary N) is 2. The van der Waals surface area contributed by atoms with Gasteiger partial charge in [0, 0.05) is 6.54 Å². The maximum atomic E-state index is 13.7. The molecule has 0 bridgehead atoms. The molecular weight excluding hydrogens is 485 g/mol. The van der Waals surface area contributed by atoms with Gasteiger partial charge in [0.05, 0.1) is 11.1 Å². The van der Waals surface area contributed by atoms with Crippen LogP contribution in [-0.2, 0) is 16.8 Å². The molecule has 30 heavy (non-hydrogen) atoms. The van der Waals surface area contributed by atoms with Gasteiger partial charge in [0.25, 0.3) is 5.91 Å². The first-order valence-corrected chi connectivity index (χ1v) is 11.6. The first-order valence-electron chi connectivity index (χ1n) is 10.5. The van der Waals surface area contributed by atoms with Crippen LogP contribution in [0.3, 0.4) is 0 Å². The van der Waals surface area contributed by atoms with Crippen molar-refractivity contribution < 1.29 is 4.79 Å². The van der Waals surface area contributed by atoms with Crippen LogP contribution in [0.25, 0.3) is 6.08 Å². The molecule has 0 heterocycles. The van der Waals surface area contributed by atoms with Crippen molar-refractivity contribution in [3.05, 3.63) is 68.8 Å². The van der Waals surface area contributed by atoms with E-state index in [9.17, 15) is 4.79 Å². The summed E-state index contributed by atoms with van der Waals surface area (Å²) < 4.78 is 1.22. The van der Waals surface area contributed by atoms with Gasteiger partial charge >= 0.3 is 0 Å². The van der Waals surface area contributed by atoms with Crippen LogP contribution in [-0.4, -0.2) is 5.91 Å². The van der Waals surface area contributed by atoms with Crippen molar-refractivity contribution in [1.29, 1.82) is 0 Å². The van der Waals surface area contributed by atoms with Gasteiger partial charge in [0.15, 0.2) is 0 Å². The first kappa shape index (κ1) is 23.0. The summed E-state index contributed by atoms with van der Waals surface area (Å²) in [5.41, 5.74) is 9.28. The van der Waals surface area contributed by atoms with Gasteiger partial charge in [0.1, 0.15) is 0 Å². The molecule has 0 saturated heterocycles. The van der Waals surface area contributed by atoms with Gasteiger partial charge in [-0.25, -0.2) is 10.9 Å². The largest absolute Gasteiger partial charge is 0.326 e. The number of rotatable bonds is 5. The molecule has 0 radical (unpaired) electrons. The lowest BCUT2D eigenvalue weighted by atomic mass is 9.77. The van der Waals surface area contributed by atoms with E-state index in [1.165, 1.54) is 8.59 Å². The molecule has 0 spiro atoms. The maximum absolute atomic E-state index is 13.7. The van der Waals surface area contributed by atoms with Gasteiger partial charge in [-0.05, 0) is 79.3 Å². The van der Waals surface area contributed by atoms with Gasteiger partial charge in [-0.2, -0.15) is 0 Å². The summed E-state index contributed by atoms with van der Waals surface area (Å²) in [7, 11) is 0. The normalized spacial score (nSPS) is 16.5. The second-order valence-electron chi connectivity index (χ2n) is 9.16. The molecule has 0 atom stereocenters. The van der Waals surface area contributed by atoms with E-state index in [4.69, 9.17) is 11.6 Å². The van der Waals surface area contributed by atoms with Gasteiger partial charge < -0.3 is 5.73 Å². The molecule has 5 heteroatoms. The lowest BCUT2D eigenvalue weighted by molar-refractivity contribution is -0.124. The highest BCUT2D eigenvalue weighted by Crippen LogP contribution is 2.43. The monoisotopic (exact) mass is 517 g/mol. The Morgan fingerprint density at radius 2 is 1.77 bits per heavy atom. The van der Waals surface area contributed by atoms with Crippen molar-refractivity contribution in [3.8, 4) is 0 Å². The molecular formula is C25H32IN3O. The third-order valence-electron chi connectivity index (χ3n) is 6.04. The maximum Gasteiger partial charge on any atom is 0.251 e. The van der Waals surface area contributed by atoms with Crippen LogP contribution in [0, 0.1) is 5.41 Å². The van der Waals surface area contributed by atoms with Crippen LogP contribution >= 0.6 is 22.6 Å². The number of hydrazine groups is 1. The standard InChI is InChI=1S/C25H32IN3O/c1-24(2,3)22(26)16-19-15-21(12-11-18(19)17-27)29(28)23(30)25(13-7-8-14-25)20-9-5-4-6-10-20/h4-6,9-12,15-16H,7-8,13-14,17,27-28H2,1-3H3/b22-16-. The number of hydrogen-bond acceptors (Lipinski definition) is 3. The van der Waals surface area contributed by atoms with Crippen molar-refractivity contribution in [3.63, 3.8) is 0 Å². The van der Waals surface area contributed by atoms with E-state index in [0.717, 1.165) is 42.4 Å². The first-order chi connectivity index (χ1) is 14.2. The molecule has 1 aliphatic carbocycles. The molecule has 160 valence electrons. The Kier molecular flexibility index (Phi) is 7.05. The molecule has 3 rings (SSSR count). The Labute approximate surface area is 193 Å². The summed E-state index contributed by atoms with van der Waals surface area (Å²) in [4.78, 5) is 13.7. The van der Waals surface area contributed by atoms with E-state index in [1.54, 1.807) is 0 Å². The number of benzene rings is 2. The predicted octanol–water partition coefficient (Wildman–Crippen LogP) is 5.69. The minimum atomic E-state index is -0.543. The van der Waals surface area contributed by atoms with Crippen LogP contribution in [0.2, 0.25) is 0 Å². The van der Waals surface area contributed by atoms with E-state index >= 15 is 0 Å². The van der Waals surface area contributed by atoms with Gasteiger partial charge in [-0.3, -0.25) is 4.79 Å². The Bertz CT molecular complexity index is 925. The van der Waals surface area contributed by atoms with Gasteiger partial charge in [-0.15, -0.1) is 0 Å². The van der Waals surface area contributed by atoms with E-state index in [2.05, 4.69) is 61.6 Å². The fraction of sp³-hybridized carbons (Fsp3) is 0.400. The Hall–Kier alpha value is -1.70. The zero-order chi connectivity index (χ0) is 21.9. The average molecular weight is 517 g/mol. The lowest BCUT2D eigenvalue weighted by Crippen LogP contribution is -2.49. The molecule has 1 saturated carbocycles. The summed E-state index contributed by atoms with van der Waals surface area (Å²) in [5.74, 6) is 6.41. The topological polar surface area (TPSA) is 72.3 Å². The van der Waals surface area contributed by atoms with Gasteiger partial charge in [-0.1, -0.05) is 70.0 Å². The Morgan fingerprint density at radius 3 is 2.33 bits per heavy atom. The fourth-order valence-electron chi connectivity index (χ4n) is 4.12. The summed E-state index contributed by atoms with van der Waals surface area (Å²) >= 11 is 2.38. The van der Waals surface area contributed by atoms with E-state index in [1.807, 2.05) is 36.4 Å². The van der Waals surface area contributed by atoms with Crippen molar-refractivity contribution in [2.24, 2.45) is 17.0 Å². The lowest BCUT2D eigenvalue weighted by Gasteiger charge is -2.32. The number of carbonyl (C=O) groups is 1. The van der Waals surface area contributed by atoms with Crippen molar-refractivity contribution in [1.82, 2.24) is 0 Å². The molecule has 1 amide bonds. The van der Waals surface area contributed by atoms with E-state index in [-0.39, 0.29) is 11.3 Å². The van der Waals surface area contributed by atoms with Crippen LogP contribution < -0.4 is 16.6 Å². The number of nitrogens with zero attached hydrogens (tertiary/aromatic N) is 1. The third-order valence-corrected chi connectivity index (χ3v) is 7.97. The number of allylic oxidation sites excluding steroid dienone is 1. The Morgan fingerprint density at radius 1 is 1.13 bits per heavy atom. The second-order valence-corrected chi connectivity index (χ2v) is 10.3. The van der Waals surface area contributed by atoms with Crippen LogP contribution in [0.5, 0.6) is 0 Å². The molecule has 4 N–H and O–H groups in total. The smallest absolute Gasteiger partial charge is 0.251 e. The number of amides is 1. The number of halogens is 1. The highest BCUT2D eigenvalue weighted by atomic mass is 127. The van der Waals surface area contributed by atoms with Crippen molar-refractivity contribution in [2.75, 3.05) is 5.01 Å². The second kappa shape index (κ2) is 9.20. The SMILES string of the molecule is CC(C)(C)/C(I)=C/c1cc(N(N)C(=O)C2(c3ccccc3)CCCC2)ccc1CN. The number of carbonyl (C=O) groups excluding carboxylic acids is 1. The summed E-state index contributed by atoms with van der Waals surface area (Å²) in [5, 5.41) is 1.35. The van der Waals surface area contributed by atoms with Crippen LogP contribution in [0.1, 0.15) is 63.1 Å².